The largest absolute Gasteiger partial charge is 0.496 e. The molecule has 0 atom stereocenters. The van der Waals surface area contributed by atoms with Crippen molar-refractivity contribution in [2.75, 3.05) is 39.8 Å². The minimum absolute atomic E-state index is 0.0438. The number of likely N-dealkylation sites (N-methyl/N-ethyl adjacent to an activating group) is 1. The van der Waals surface area contributed by atoms with E-state index in [1.54, 1.807) is 25.5 Å². The number of amides is 1. The smallest absolute Gasteiger partial charge is 0.254 e. The molecule has 3 rings (SSSR count). The third-order valence-corrected chi connectivity index (χ3v) is 4.11. The molecule has 1 saturated heterocycles. The Bertz CT molecular complexity index is 642. The first-order valence-corrected chi connectivity index (χ1v) is 7.29. The molecule has 112 valence electrons. The van der Waals surface area contributed by atoms with Gasteiger partial charge in [-0.2, -0.15) is 0 Å². The van der Waals surface area contributed by atoms with E-state index >= 15 is 0 Å². The minimum Gasteiger partial charge on any atom is -0.496 e. The first-order chi connectivity index (χ1) is 10.2. The Kier molecular flexibility index (Phi) is 3.84. The van der Waals surface area contributed by atoms with Crippen molar-refractivity contribution in [1.82, 2.24) is 9.80 Å². The van der Waals surface area contributed by atoms with Gasteiger partial charge in [0, 0.05) is 31.7 Å². The van der Waals surface area contributed by atoms with E-state index < -0.39 is 0 Å². The van der Waals surface area contributed by atoms with E-state index in [1.165, 1.54) is 0 Å². The highest BCUT2D eigenvalue weighted by molar-refractivity contribution is 5.99. The minimum atomic E-state index is 0.0438. The van der Waals surface area contributed by atoms with E-state index in [1.807, 2.05) is 11.0 Å². The van der Waals surface area contributed by atoms with Gasteiger partial charge >= 0.3 is 0 Å². The third-order valence-electron chi connectivity index (χ3n) is 4.11. The summed E-state index contributed by atoms with van der Waals surface area (Å²) in [6.45, 7) is 6.59. The van der Waals surface area contributed by atoms with Gasteiger partial charge in [-0.25, -0.2) is 0 Å². The standard InChI is InChI=1S/C16H20N2O3/c1-3-17-5-7-18(8-6-17)16(19)12-10-14(20-2)13-4-9-21-15(13)11-12/h4,9-11H,3,5-8H2,1-2H3. The van der Waals surface area contributed by atoms with Gasteiger partial charge in [-0.05, 0) is 24.7 Å². The quantitative estimate of drug-likeness (QED) is 0.869. The fourth-order valence-electron chi connectivity index (χ4n) is 2.78. The molecule has 1 aliphatic rings. The lowest BCUT2D eigenvalue weighted by atomic mass is 10.1. The van der Waals surface area contributed by atoms with Gasteiger partial charge in [-0.1, -0.05) is 6.92 Å². The van der Waals surface area contributed by atoms with Gasteiger partial charge in [0.05, 0.1) is 18.8 Å². The first-order valence-electron chi connectivity index (χ1n) is 7.29. The maximum Gasteiger partial charge on any atom is 0.254 e. The maximum atomic E-state index is 12.6. The van der Waals surface area contributed by atoms with Gasteiger partial charge in [0.25, 0.3) is 5.91 Å². The number of methoxy groups -OCH3 is 1. The van der Waals surface area contributed by atoms with E-state index in [4.69, 9.17) is 9.15 Å². The molecule has 2 heterocycles. The Balaban J connectivity index is 1.84. The van der Waals surface area contributed by atoms with E-state index in [2.05, 4.69) is 11.8 Å². The molecule has 1 aromatic carbocycles. The zero-order chi connectivity index (χ0) is 14.8. The molecule has 5 heteroatoms. The number of carbonyl (C=O) groups excluding carboxylic acids is 1. The van der Waals surface area contributed by atoms with Crippen LogP contribution in [0.2, 0.25) is 0 Å². The topological polar surface area (TPSA) is 45.9 Å². The number of piperazine rings is 1. The zero-order valence-corrected chi connectivity index (χ0v) is 12.5. The average molecular weight is 288 g/mol. The van der Waals surface area contributed by atoms with Crippen LogP contribution in [0.3, 0.4) is 0 Å². The first kappa shape index (κ1) is 13.9. The molecule has 21 heavy (non-hydrogen) atoms. The molecular weight excluding hydrogens is 268 g/mol. The molecule has 0 unspecified atom stereocenters. The molecule has 1 aliphatic heterocycles. The average Bonchev–Trinajstić information content (AvgIpc) is 3.01. The van der Waals surface area contributed by atoms with Crippen LogP contribution < -0.4 is 4.74 Å². The molecule has 0 spiro atoms. The molecule has 2 aromatic rings. The lowest BCUT2D eigenvalue weighted by Gasteiger charge is -2.34. The normalized spacial score (nSPS) is 16.4. The number of fused-ring (bicyclic) bond motifs is 1. The van der Waals surface area contributed by atoms with Crippen molar-refractivity contribution in [3.63, 3.8) is 0 Å². The van der Waals surface area contributed by atoms with Gasteiger partial charge < -0.3 is 19.0 Å². The molecule has 0 N–H and O–H groups in total. The fourth-order valence-corrected chi connectivity index (χ4v) is 2.78. The summed E-state index contributed by atoms with van der Waals surface area (Å²) in [7, 11) is 1.61. The van der Waals surface area contributed by atoms with Gasteiger partial charge in [0.2, 0.25) is 0 Å². The van der Waals surface area contributed by atoms with Gasteiger partial charge in [-0.3, -0.25) is 4.79 Å². The van der Waals surface area contributed by atoms with Crippen LogP contribution >= 0.6 is 0 Å². The Hall–Kier alpha value is -2.01. The van der Waals surface area contributed by atoms with Crippen molar-refractivity contribution in [3.05, 3.63) is 30.0 Å². The van der Waals surface area contributed by atoms with Gasteiger partial charge in [0.15, 0.2) is 0 Å². The highest BCUT2D eigenvalue weighted by Gasteiger charge is 2.22. The van der Waals surface area contributed by atoms with Crippen molar-refractivity contribution in [1.29, 1.82) is 0 Å². The number of carbonyl (C=O) groups is 1. The summed E-state index contributed by atoms with van der Waals surface area (Å²) in [6.07, 6.45) is 1.61. The monoisotopic (exact) mass is 288 g/mol. The molecule has 0 radical (unpaired) electrons. The number of benzene rings is 1. The van der Waals surface area contributed by atoms with E-state index in [-0.39, 0.29) is 5.91 Å². The lowest BCUT2D eigenvalue weighted by molar-refractivity contribution is 0.0643. The van der Waals surface area contributed by atoms with E-state index in [0.717, 1.165) is 38.1 Å². The summed E-state index contributed by atoms with van der Waals surface area (Å²) in [5.74, 6) is 0.721. The summed E-state index contributed by atoms with van der Waals surface area (Å²) >= 11 is 0. The van der Waals surface area contributed by atoms with Crippen LogP contribution in [0.1, 0.15) is 17.3 Å². The number of nitrogens with zero attached hydrogens (tertiary/aromatic N) is 2. The van der Waals surface area contributed by atoms with E-state index in [0.29, 0.717) is 16.9 Å². The van der Waals surface area contributed by atoms with Gasteiger partial charge in [0.1, 0.15) is 11.3 Å². The molecule has 1 amide bonds. The lowest BCUT2D eigenvalue weighted by Crippen LogP contribution is -2.48. The van der Waals surface area contributed by atoms with Crippen LogP contribution in [0.5, 0.6) is 5.75 Å². The highest BCUT2D eigenvalue weighted by atomic mass is 16.5. The maximum absolute atomic E-state index is 12.6. The van der Waals surface area contributed by atoms with Crippen LogP contribution in [0.15, 0.2) is 28.9 Å². The van der Waals surface area contributed by atoms with Crippen LogP contribution in [0.4, 0.5) is 0 Å². The van der Waals surface area contributed by atoms with E-state index in [9.17, 15) is 4.79 Å². The summed E-state index contributed by atoms with van der Waals surface area (Å²) < 4.78 is 10.8. The second-order valence-corrected chi connectivity index (χ2v) is 5.24. The second kappa shape index (κ2) is 5.77. The molecule has 0 bridgehead atoms. The SMILES string of the molecule is CCN1CCN(C(=O)c2cc(OC)c3ccoc3c2)CC1. The number of furan rings is 1. The van der Waals surface area contributed by atoms with Crippen molar-refractivity contribution < 1.29 is 13.9 Å². The fraction of sp³-hybridized carbons (Fsp3) is 0.438. The zero-order valence-electron chi connectivity index (χ0n) is 12.5. The van der Waals surface area contributed by atoms with Crippen LogP contribution in [-0.2, 0) is 0 Å². The Labute approximate surface area is 124 Å². The van der Waals surface area contributed by atoms with Crippen molar-refractivity contribution in [2.24, 2.45) is 0 Å². The molecule has 1 fully saturated rings. The third kappa shape index (κ3) is 2.61. The van der Waals surface area contributed by atoms with Gasteiger partial charge in [-0.15, -0.1) is 0 Å². The summed E-state index contributed by atoms with van der Waals surface area (Å²) in [6, 6.07) is 5.45. The molecule has 1 aromatic heterocycles. The number of ether oxygens (including phenoxy) is 1. The highest BCUT2D eigenvalue weighted by Crippen LogP contribution is 2.29. The summed E-state index contributed by atoms with van der Waals surface area (Å²) in [5, 5.41) is 0.893. The van der Waals surface area contributed by atoms with Crippen molar-refractivity contribution in [2.45, 2.75) is 6.92 Å². The number of hydrogen-bond acceptors (Lipinski definition) is 4. The van der Waals surface area contributed by atoms with Crippen molar-refractivity contribution >= 4 is 16.9 Å². The van der Waals surface area contributed by atoms with Crippen molar-refractivity contribution in [3.8, 4) is 5.75 Å². The molecular formula is C16H20N2O3. The van der Waals surface area contributed by atoms with Crippen LogP contribution in [0, 0.1) is 0 Å². The predicted octanol–water partition coefficient (Wildman–Crippen LogP) is 2.22. The molecule has 5 nitrogen and oxygen atoms in total. The Morgan fingerprint density at radius 3 is 2.71 bits per heavy atom. The predicted molar refractivity (Wildman–Crippen MR) is 80.8 cm³/mol. The molecule has 0 aliphatic carbocycles. The van der Waals surface area contributed by atoms with Crippen LogP contribution in [0.25, 0.3) is 11.0 Å². The Morgan fingerprint density at radius 2 is 2.05 bits per heavy atom. The number of hydrogen-bond donors (Lipinski definition) is 0. The molecule has 0 saturated carbocycles. The summed E-state index contributed by atoms with van der Waals surface area (Å²) in [5.41, 5.74) is 1.31. The second-order valence-electron chi connectivity index (χ2n) is 5.24. The Morgan fingerprint density at radius 1 is 1.29 bits per heavy atom. The summed E-state index contributed by atoms with van der Waals surface area (Å²) in [4.78, 5) is 16.9. The van der Waals surface area contributed by atoms with Crippen LogP contribution in [-0.4, -0.2) is 55.5 Å². The number of rotatable bonds is 3.